The van der Waals surface area contributed by atoms with Crippen LogP contribution in [0.5, 0.6) is 0 Å². The number of nitrogens with one attached hydrogen (secondary N) is 2. The average molecular weight is 369 g/mol. The lowest BCUT2D eigenvalue weighted by molar-refractivity contribution is -0.125. The fourth-order valence-corrected chi connectivity index (χ4v) is 1.91. The lowest BCUT2D eigenvalue weighted by Crippen LogP contribution is -2.43. The quantitative estimate of drug-likeness (QED) is 0.640. The number of hydrogen-bond donors (Lipinski definition) is 2. The third-order valence-corrected chi connectivity index (χ3v) is 3.15. The maximum absolute atomic E-state index is 13.5. The Morgan fingerprint density at radius 1 is 0.960 bits per heavy atom. The van der Waals surface area contributed by atoms with Gasteiger partial charge in [0.25, 0.3) is 11.8 Å². The predicted octanol–water partition coefficient (Wildman–Crippen LogP) is 2.24. The van der Waals surface area contributed by atoms with E-state index in [2.05, 4.69) is 4.74 Å². The molecule has 0 unspecified atom stereocenters. The fourth-order valence-electron chi connectivity index (χ4n) is 1.74. The van der Waals surface area contributed by atoms with Crippen molar-refractivity contribution in [3.05, 3.63) is 70.2 Å². The second-order valence-electron chi connectivity index (χ2n) is 4.68. The van der Waals surface area contributed by atoms with Gasteiger partial charge in [0.2, 0.25) is 0 Å². The molecular weight excluding hydrogens is 358 g/mol. The van der Waals surface area contributed by atoms with E-state index < -0.39 is 41.6 Å². The highest BCUT2D eigenvalue weighted by atomic mass is 35.5. The van der Waals surface area contributed by atoms with Gasteiger partial charge in [-0.05, 0) is 30.3 Å². The largest absolute Gasteiger partial charge is 0.452 e. The molecule has 9 heteroatoms. The van der Waals surface area contributed by atoms with E-state index in [1.807, 2.05) is 10.9 Å². The number of carbonyl (C=O) groups is 3. The van der Waals surface area contributed by atoms with Gasteiger partial charge in [0.15, 0.2) is 6.61 Å². The number of amides is 2. The van der Waals surface area contributed by atoms with Crippen LogP contribution in [0.4, 0.5) is 8.78 Å². The van der Waals surface area contributed by atoms with E-state index in [1.54, 1.807) is 0 Å². The number of hydrogen-bond acceptors (Lipinski definition) is 4. The molecule has 0 aromatic heterocycles. The molecular formula is C16H11ClF2N2O4. The van der Waals surface area contributed by atoms with Gasteiger partial charge >= 0.3 is 5.97 Å². The van der Waals surface area contributed by atoms with Gasteiger partial charge in [0.05, 0.1) is 11.1 Å². The van der Waals surface area contributed by atoms with Crippen molar-refractivity contribution in [3.8, 4) is 0 Å². The number of rotatable bonds is 4. The van der Waals surface area contributed by atoms with Crippen molar-refractivity contribution >= 4 is 29.4 Å². The minimum atomic E-state index is -1.10. The summed E-state index contributed by atoms with van der Waals surface area (Å²) in [6.45, 7) is -0.789. The Hall–Kier alpha value is -3.00. The summed E-state index contributed by atoms with van der Waals surface area (Å²) in [5.74, 6) is -4.52. The third kappa shape index (κ3) is 4.98. The predicted molar refractivity (Wildman–Crippen MR) is 83.7 cm³/mol. The molecule has 0 aliphatic rings. The van der Waals surface area contributed by atoms with Crippen molar-refractivity contribution < 1.29 is 27.9 Å². The van der Waals surface area contributed by atoms with Crippen LogP contribution in [0.3, 0.4) is 0 Å². The molecule has 6 nitrogen and oxygen atoms in total. The van der Waals surface area contributed by atoms with Crippen molar-refractivity contribution in [1.29, 1.82) is 0 Å². The van der Waals surface area contributed by atoms with Gasteiger partial charge in [-0.3, -0.25) is 20.4 Å². The Balaban J connectivity index is 1.85. The average Bonchev–Trinajstić information content (AvgIpc) is 2.60. The molecule has 2 amide bonds. The van der Waals surface area contributed by atoms with Crippen molar-refractivity contribution in [2.45, 2.75) is 0 Å². The maximum atomic E-state index is 13.5. The van der Waals surface area contributed by atoms with Gasteiger partial charge in [0.1, 0.15) is 11.6 Å². The zero-order valence-corrected chi connectivity index (χ0v) is 13.3. The van der Waals surface area contributed by atoms with E-state index in [1.165, 1.54) is 24.3 Å². The highest BCUT2D eigenvalue weighted by molar-refractivity contribution is 6.30. The first-order valence-corrected chi connectivity index (χ1v) is 7.22. The summed E-state index contributed by atoms with van der Waals surface area (Å²) in [5, 5.41) is 0.120. The molecule has 2 aromatic rings. The molecule has 0 fully saturated rings. The summed E-state index contributed by atoms with van der Waals surface area (Å²) >= 11 is 5.65. The van der Waals surface area contributed by atoms with Crippen LogP contribution in [0, 0.1) is 11.6 Å². The highest BCUT2D eigenvalue weighted by Crippen LogP contribution is 2.15. The van der Waals surface area contributed by atoms with Crippen molar-refractivity contribution in [1.82, 2.24) is 10.9 Å². The number of halogens is 3. The van der Waals surface area contributed by atoms with Crippen molar-refractivity contribution in [3.63, 3.8) is 0 Å². The molecule has 0 heterocycles. The summed E-state index contributed by atoms with van der Waals surface area (Å²) in [5.41, 5.74) is 3.19. The summed E-state index contributed by atoms with van der Waals surface area (Å²) in [6.07, 6.45) is 0. The van der Waals surface area contributed by atoms with Gasteiger partial charge in [-0.15, -0.1) is 0 Å². The molecule has 0 aliphatic heterocycles. The second kappa shape index (κ2) is 8.20. The lowest BCUT2D eigenvalue weighted by atomic mass is 10.2. The minimum Gasteiger partial charge on any atom is -0.452 e. The smallest absolute Gasteiger partial charge is 0.341 e. The van der Waals surface area contributed by atoms with Gasteiger partial charge < -0.3 is 4.74 Å². The highest BCUT2D eigenvalue weighted by Gasteiger charge is 2.16. The van der Waals surface area contributed by atoms with Crippen LogP contribution in [-0.4, -0.2) is 24.4 Å². The summed E-state index contributed by atoms with van der Waals surface area (Å²) in [7, 11) is 0. The molecule has 25 heavy (non-hydrogen) atoms. The molecule has 0 radical (unpaired) electrons. The van der Waals surface area contributed by atoms with Crippen molar-refractivity contribution in [2.75, 3.05) is 6.61 Å². The topological polar surface area (TPSA) is 84.5 Å². The van der Waals surface area contributed by atoms with Crippen LogP contribution >= 0.6 is 11.6 Å². The standard InChI is InChI=1S/C16H11ClF2N2O4/c17-9-5-6-13(19)11(7-9)16(24)25-8-14(22)20-21-15(23)10-3-1-2-4-12(10)18/h1-7H,8H2,(H,20,22)(H,21,23). The first kappa shape index (κ1) is 18.3. The molecule has 0 spiro atoms. The van der Waals surface area contributed by atoms with E-state index in [4.69, 9.17) is 11.6 Å². The number of esters is 1. The fraction of sp³-hybridized carbons (Fsp3) is 0.0625. The second-order valence-corrected chi connectivity index (χ2v) is 5.12. The molecule has 2 rings (SSSR count). The zero-order valence-electron chi connectivity index (χ0n) is 12.5. The Labute approximate surface area is 145 Å². The van der Waals surface area contributed by atoms with Crippen LogP contribution in [-0.2, 0) is 9.53 Å². The number of carbonyl (C=O) groups excluding carboxylic acids is 3. The Kier molecular flexibility index (Phi) is 6.02. The number of ether oxygens (including phenoxy) is 1. The molecule has 2 N–H and O–H groups in total. The molecule has 0 bridgehead atoms. The summed E-state index contributed by atoms with van der Waals surface area (Å²) in [4.78, 5) is 34.9. The minimum absolute atomic E-state index is 0.120. The van der Waals surface area contributed by atoms with Gasteiger partial charge in [-0.2, -0.15) is 0 Å². The van der Waals surface area contributed by atoms with Crippen LogP contribution < -0.4 is 10.9 Å². The van der Waals surface area contributed by atoms with E-state index in [9.17, 15) is 23.2 Å². The first-order chi connectivity index (χ1) is 11.9. The molecule has 0 aliphatic carbocycles. The third-order valence-electron chi connectivity index (χ3n) is 2.92. The molecule has 0 saturated heterocycles. The van der Waals surface area contributed by atoms with E-state index >= 15 is 0 Å². The SMILES string of the molecule is O=C(COC(=O)c1cc(Cl)ccc1F)NNC(=O)c1ccccc1F. The van der Waals surface area contributed by atoms with Crippen LogP contribution in [0.15, 0.2) is 42.5 Å². The number of hydrazine groups is 1. The van der Waals surface area contributed by atoms with Crippen LogP contribution in [0.25, 0.3) is 0 Å². The summed E-state index contributed by atoms with van der Waals surface area (Å²) < 4.78 is 31.5. The molecule has 2 aromatic carbocycles. The van der Waals surface area contributed by atoms with Crippen molar-refractivity contribution in [2.24, 2.45) is 0 Å². The normalized spacial score (nSPS) is 10.0. The first-order valence-electron chi connectivity index (χ1n) is 6.84. The van der Waals surface area contributed by atoms with E-state index in [0.717, 1.165) is 18.2 Å². The maximum Gasteiger partial charge on any atom is 0.341 e. The van der Waals surface area contributed by atoms with E-state index in [0.29, 0.717) is 0 Å². The molecule has 0 atom stereocenters. The Bertz CT molecular complexity index is 830. The number of benzene rings is 2. The Morgan fingerprint density at radius 3 is 2.36 bits per heavy atom. The monoisotopic (exact) mass is 368 g/mol. The van der Waals surface area contributed by atoms with Gasteiger partial charge in [-0.1, -0.05) is 23.7 Å². The van der Waals surface area contributed by atoms with E-state index in [-0.39, 0.29) is 10.6 Å². The Morgan fingerprint density at radius 2 is 1.64 bits per heavy atom. The van der Waals surface area contributed by atoms with Gasteiger partial charge in [0, 0.05) is 5.02 Å². The molecule has 0 saturated carbocycles. The lowest BCUT2D eigenvalue weighted by Gasteiger charge is -2.09. The van der Waals surface area contributed by atoms with Gasteiger partial charge in [-0.25, -0.2) is 13.6 Å². The molecule has 130 valence electrons. The van der Waals surface area contributed by atoms with Crippen LogP contribution in [0.1, 0.15) is 20.7 Å². The van der Waals surface area contributed by atoms with Crippen LogP contribution in [0.2, 0.25) is 5.02 Å². The zero-order chi connectivity index (χ0) is 18.4. The summed E-state index contributed by atoms with van der Waals surface area (Å²) in [6, 6.07) is 8.43.